The van der Waals surface area contributed by atoms with Gasteiger partial charge < -0.3 is 4.90 Å². The molecule has 114 valence electrons. The number of pyridine rings is 1. The van der Waals surface area contributed by atoms with Crippen molar-refractivity contribution in [1.29, 1.82) is 0 Å². The van der Waals surface area contributed by atoms with Gasteiger partial charge in [0, 0.05) is 24.4 Å². The van der Waals surface area contributed by atoms with Crippen molar-refractivity contribution in [2.45, 2.75) is 24.9 Å². The number of amides is 2. The first-order valence-electron chi connectivity index (χ1n) is 7.83. The number of anilines is 1. The molecule has 1 aromatic heterocycles. The summed E-state index contributed by atoms with van der Waals surface area (Å²) >= 11 is 0. The number of carbonyl (C=O) groups excluding carboxylic acids is 1. The number of nitrogens with zero attached hydrogens (tertiary/aromatic N) is 3. The molecule has 1 saturated carbocycles. The summed E-state index contributed by atoms with van der Waals surface area (Å²) in [5.41, 5.74) is 1.83. The van der Waals surface area contributed by atoms with Crippen LogP contribution < -0.4 is 4.90 Å². The van der Waals surface area contributed by atoms with Gasteiger partial charge in [-0.15, -0.1) is 0 Å². The summed E-state index contributed by atoms with van der Waals surface area (Å²) in [6.07, 6.45) is 3.88. The molecule has 2 heterocycles. The Morgan fingerprint density at radius 2 is 1.74 bits per heavy atom. The highest BCUT2D eigenvalue weighted by atomic mass is 16.2. The molecule has 0 spiro atoms. The predicted octanol–water partition coefficient (Wildman–Crippen LogP) is 2.88. The first-order chi connectivity index (χ1) is 11.2. The van der Waals surface area contributed by atoms with Crippen LogP contribution in [0.15, 0.2) is 48.7 Å². The molecule has 2 amide bonds. The number of aromatic nitrogens is 1. The topological polar surface area (TPSA) is 36.4 Å². The molecule has 0 N–H and O–H groups in total. The number of hydrogen-bond donors (Lipinski definition) is 0. The molecule has 1 aliphatic carbocycles. The predicted molar refractivity (Wildman–Crippen MR) is 89.1 cm³/mol. The molecular formula is C19H17N3O. The van der Waals surface area contributed by atoms with E-state index in [0.29, 0.717) is 6.04 Å². The third-order valence-electron chi connectivity index (χ3n) is 4.66. The smallest absolute Gasteiger partial charge is 0.322 e. The third-order valence-corrected chi connectivity index (χ3v) is 4.66. The lowest BCUT2D eigenvalue weighted by atomic mass is 9.86. The Labute approximate surface area is 135 Å². The summed E-state index contributed by atoms with van der Waals surface area (Å²) in [7, 11) is 1.87. The number of rotatable bonds is 1. The molecule has 1 aliphatic heterocycles. The Morgan fingerprint density at radius 3 is 2.35 bits per heavy atom. The van der Waals surface area contributed by atoms with E-state index in [1.54, 1.807) is 6.20 Å². The number of benzene rings is 1. The average Bonchev–Trinajstić information content (AvgIpc) is 2.73. The second kappa shape index (κ2) is 5.44. The van der Waals surface area contributed by atoms with E-state index in [9.17, 15) is 4.79 Å². The third kappa shape index (κ3) is 2.35. The fourth-order valence-corrected chi connectivity index (χ4v) is 3.21. The molecule has 2 aliphatic rings. The Hall–Kier alpha value is -2.80. The number of fused-ring (bicyclic) bond motifs is 1. The van der Waals surface area contributed by atoms with Gasteiger partial charge >= 0.3 is 6.03 Å². The minimum Gasteiger partial charge on any atom is -0.322 e. The van der Waals surface area contributed by atoms with Gasteiger partial charge in [0.25, 0.3) is 0 Å². The normalized spacial score (nSPS) is 22.2. The van der Waals surface area contributed by atoms with Crippen LogP contribution in [0.25, 0.3) is 0 Å². The number of hydrogen-bond acceptors (Lipinski definition) is 2. The van der Waals surface area contributed by atoms with Gasteiger partial charge in [0.05, 0.1) is 12.1 Å². The number of urea groups is 1. The lowest BCUT2D eigenvalue weighted by Gasteiger charge is -2.35. The highest BCUT2D eigenvalue weighted by molar-refractivity contribution is 5.95. The summed E-state index contributed by atoms with van der Waals surface area (Å²) in [5.74, 6) is 6.94. The zero-order chi connectivity index (χ0) is 15.8. The zero-order valence-corrected chi connectivity index (χ0v) is 12.9. The molecule has 1 saturated heterocycles. The summed E-state index contributed by atoms with van der Waals surface area (Å²) in [6, 6.07) is 14.4. The molecule has 0 bridgehead atoms. The molecule has 0 unspecified atom stereocenters. The fraction of sp³-hybridized carbons (Fsp3) is 0.263. The van der Waals surface area contributed by atoms with E-state index in [4.69, 9.17) is 0 Å². The van der Waals surface area contributed by atoms with Crippen molar-refractivity contribution in [2.75, 3.05) is 11.9 Å². The largest absolute Gasteiger partial charge is 0.326 e. The highest BCUT2D eigenvalue weighted by Crippen LogP contribution is 2.38. The minimum atomic E-state index is 0.0492. The van der Waals surface area contributed by atoms with Crippen LogP contribution in [0.4, 0.5) is 10.6 Å². The Morgan fingerprint density at radius 1 is 1.00 bits per heavy atom. The zero-order valence-electron chi connectivity index (χ0n) is 12.9. The lowest BCUT2D eigenvalue weighted by Crippen LogP contribution is -2.45. The van der Waals surface area contributed by atoms with Crippen molar-refractivity contribution in [3.8, 4) is 11.8 Å². The molecule has 2 fully saturated rings. The van der Waals surface area contributed by atoms with Gasteiger partial charge in [-0.3, -0.25) is 4.90 Å². The van der Waals surface area contributed by atoms with Crippen LogP contribution in [0.3, 0.4) is 0 Å². The van der Waals surface area contributed by atoms with Gasteiger partial charge in [-0.1, -0.05) is 30.0 Å². The molecule has 2 aromatic rings. The molecule has 4 heteroatoms. The first-order valence-corrected chi connectivity index (χ1v) is 7.83. The molecule has 4 rings (SSSR count). The van der Waals surface area contributed by atoms with Crippen molar-refractivity contribution < 1.29 is 4.79 Å². The Kier molecular flexibility index (Phi) is 3.27. The maximum atomic E-state index is 12.3. The van der Waals surface area contributed by atoms with Gasteiger partial charge in [-0.05, 0) is 37.1 Å². The Bertz CT molecular complexity index is 789. The summed E-state index contributed by atoms with van der Waals surface area (Å²) in [4.78, 5) is 20.5. The number of carbonyl (C=O) groups is 1. The van der Waals surface area contributed by atoms with Crippen LogP contribution in [-0.2, 0) is 0 Å². The van der Waals surface area contributed by atoms with E-state index in [1.807, 2.05) is 59.3 Å². The summed E-state index contributed by atoms with van der Waals surface area (Å²) in [5, 5.41) is 0. The second-order valence-electron chi connectivity index (χ2n) is 6.00. The van der Waals surface area contributed by atoms with Gasteiger partial charge in [-0.2, -0.15) is 0 Å². The monoisotopic (exact) mass is 303 g/mol. The van der Waals surface area contributed by atoms with Crippen LogP contribution in [0, 0.1) is 11.8 Å². The van der Waals surface area contributed by atoms with E-state index in [1.165, 1.54) is 0 Å². The van der Waals surface area contributed by atoms with Crippen LogP contribution in [0.5, 0.6) is 0 Å². The lowest BCUT2D eigenvalue weighted by molar-refractivity contribution is 0.196. The molecule has 1 aromatic carbocycles. The number of likely N-dealkylation sites (N-methyl/N-ethyl adjacent to an activating group) is 1. The van der Waals surface area contributed by atoms with Gasteiger partial charge in [0.15, 0.2) is 0 Å². The van der Waals surface area contributed by atoms with Crippen LogP contribution in [-0.4, -0.2) is 35.0 Å². The van der Waals surface area contributed by atoms with Crippen LogP contribution in [0.2, 0.25) is 0 Å². The van der Waals surface area contributed by atoms with Crippen molar-refractivity contribution >= 4 is 11.8 Å². The van der Waals surface area contributed by atoms with E-state index in [2.05, 4.69) is 16.8 Å². The summed E-state index contributed by atoms with van der Waals surface area (Å²) < 4.78 is 0. The minimum absolute atomic E-state index is 0.0492. The fourth-order valence-electron chi connectivity index (χ4n) is 3.21. The summed E-state index contributed by atoms with van der Waals surface area (Å²) in [6.45, 7) is 0. The van der Waals surface area contributed by atoms with E-state index in [-0.39, 0.29) is 12.1 Å². The van der Waals surface area contributed by atoms with E-state index < -0.39 is 0 Å². The molecule has 0 radical (unpaired) electrons. The maximum absolute atomic E-state index is 12.3. The quantitative estimate of drug-likeness (QED) is 0.760. The molecule has 4 nitrogen and oxygen atoms in total. The van der Waals surface area contributed by atoms with Crippen LogP contribution in [0.1, 0.15) is 24.0 Å². The Balaban J connectivity index is 1.55. The molecule has 23 heavy (non-hydrogen) atoms. The van der Waals surface area contributed by atoms with Crippen molar-refractivity contribution in [1.82, 2.24) is 9.88 Å². The van der Waals surface area contributed by atoms with E-state index in [0.717, 1.165) is 29.8 Å². The molecular weight excluding hydrogens is 286 g/mol. The van der Waals surface area contributed by atoms with Crippen molar-refractivity contribution in [3.05, 3.63) is 59.8 Å². The highest BCUT2D eigenvalue weighted by Gasteiger charge is 2.50. The first kappa shape index (κ1) is 13.8. The molecule has 2 atom stereocenters. The SMILES string of the molecule is CN1C(=O)N(c2ccc(C#Cc3ccccc3)cn2)[C@H]2CC[C@H]21. The van der Waals surface area contributed by atoms with Gasteiger partial charge in [0.1, 0.15) is 5.82 Å². The van der Waals surface area contributed by atoms with E-state index >= 15 is 0 Å². The van der Waals surface area contributed by atoms with Crippen molar-refractivity contribution in [3.63, 3.8) is 0 Å². The second-order valence-corrected chi connectivity index (χ2v) is 6.00. The van der Waals surface area contributed by atoms with Crippen LogP contribution >= 0.6 is 0 Å². The van der Waals surface area contributed by atoms with Crippen molar-refractivity contribution in [2.24, 2.45) is 0 Å². The van der Waals surface area contributed by atoms with Gasteiger partial charge in [0.2, 0.25) is 0 Å². The van der Waals surface area contributed by atoms with Gasteiger partial charge in [-0.25, -0.2) is 9.78 Å². The standard InChI is InChI=1S/C19H17N3O/c1-21-16-10-11-17(16)22(19(21)23)18-12-9-15(13-20-18)8-7-14-5-3-2-4-6-14/h2-6,9,12-13,16-17H,10-11H2,1H3/t16-,17+/m1/s1. The average molecular weight is 303 g/mol. The maximum Gasteiger partial charge on any atom is 0.326 e.